The monoisotopic (exact) mass is 417 g/mol. The molecule has 2 aromatic carbocycles. The highest BCUT2D eigenvalue weighted by Crippen LogP contribution is 2.25. The van der Waals surface area contributed by atoms with Gasteiger partial charge in [-0.2, -0.15) is 5.10 Å². The summed E-state index contributed by atoms with van der Waals surface area (Å²) in [6.45, 7) is 5.11. The van der Waals surface area contributed by atoms with Crippen LogP contribution < -0.4 is 4.72 Å². The van der Waals surface area contributed by atoms with E-state index in [2.05, 4.69) is 9.82 Å². The van der Waals surface area contributed by atoms with E-state index in [1.807, 2.05) is 0 Å². The van der Waals surface area contributed by atoms with E-state index < -0.39 is 21.8 Å². The van der Waals surface area contributed by atoms with Gasteiger partial charge in [0.2, 0.25) is 0 Å². The Morgan fingerprint density at radius 1 is 1.17 bits per heavy atom. The first-order valence-corrected chi connectivity index (χ1v) is 10.3. The van der Waals surface area contributed by atoms with E-state index in [0.29, 0.717) is 17.1 Å². The zero-order valence-electron chi connectivity index (χ0n) is 16.1. The number of aryl methyl sites for hydroxylation is 1. The van der Waals surface area contributed by atoms with Crippen LogP contribution in [0.5, 0.6) is 0 Å². The standard InChI is InChI=1S/C20H20FN3O4S/c1-4-28-20(25)15-6-5-7-17(12-15)23-29(26,27)19-13(2)22-24(14(19)3)18-10-8-16(21)9-11-18/h5-12,23H,4H2,1-3H3. The molecule has 152 valence electrons. The summed E-state index contributed by atoms with van der Waals surface area (Å²) in [5.74, 6) is -0.934. The molecule has 0 aliphatic carbocycles. The summed E-state index contributed by atoms with van der Waals surface area (Å²) in [6, 6.07) is 11.6. The zero-order chi connectivity index (χ0) is 21.2. The van der Waals surface area contributed by atoms with Crippen molar-refractivity contribution in [2.24, 2.45) is 0 Å². The van der Waals surface area contributed by atoms with Crippen LogP contribution >= 0.6 is 0 Å². The summed E-state index contributed by atoms with van der Waals surface area (Å²) >= 11 is 0. The molecule has 0 aliphatic heterocycles. The SMILES string of the molecule is CCOC(=O)c1cccc(NS(=O)(=O)c2c(C)nn(-c3ccc(F)cc3)c2C)c1. The number of ether oxygens (including phenoxy) is 1. The van der Waals surface area contributed by atoms with Gasteiger partial charge in [-0.05, 0) is 63.2 Å². The molecule has 0 saturated carbocycles. The molecule has 1 N–H and O–H groups in total. The number of carbonyl (C=O) groups is 1. The molecule has 0 atom stereocenters. The highest BCUT2D eigenvalue weighted by molar-refractivity contribution is 7.92. The first-order chi connectivity index (χ1) is 13.7. The second-order valence-corrected chi connectivity index (χ2v) is 7.91. The van der Waals surface area contributed by atoms with E-state index in [9.17, 15) is 17.6 Å². The Morgan fingerprint density at radius 3 is 2.52 bits per heavy atom. The molecule has 0 saturated heterocycles. The number of rotatable bonds is 6. The summed E-state index contributed by atoms with van der Waals surface area (Å²) in [4.78, 5) is 11.9. The predicted octanol–water partition coefficient (Wildman–Crippen LogP) is 3.61. The van der Waals surface area contributed by atoms with Gasteiger partial charge < -0.3 is 4.74 Å². The Morgan fingerprint density at radius 2 is 1.86 bits per heavy atom. The van der Waals surface area contributed by atoms with Gasteiger partial charge in [-0.15, -0.1) is 0 Å². The molecule has 1 heterocycles. The number of halogens is 1. The van der Waals surface area contributed by atoms with Crippen LogP contribution in [-0.2, 0) is 14.8 Å². The number of hydrogen-bond donors (Lipinski definition) is 1. The molecular weight excluding hydrogens is 397 g/mol. The molecule has 1 aromatic heterocycles. The molecule has 29 heavy (non-hydrogen) atoms. The third-order valence-electron chi connectivity index (χ3n) is 4.19. The van der Waals surface area contributed by atoms with Gasteiger partial charge in [0.05, 0.1) is 29.2 Å². The number of nitrogens with zero attached hydrogens (tertiary/aromatic N) is 2. The second kappa shape index (κ2) is 8.04. The molecule has 0 radical (unpaired) electrons. The number of nitrogens with one attached hydrogen (secondary N) is 1. The number of esters is 1. The smallest absolute Gasteiger partial charge is 0.338 e. The van der Waals surface area contributed by atoms with Gasteiger partial charge in [0.1, 0.15) is 10.7 Å². The normalized spacial score (nSPS) is 11.3. The Hall–Kier alpha value is -3.20. The summed E-state index contributed by atoms with van der Waals surface area (Å²) in [6.07, 6.45) is 0. The second-order valence-electron chi connectivity index (χ2n) is 6.29. The average Bonchev–Trinajstić information content (AvgIpc) is 2.97. The van der Waals surface area contributed by atoms with Gasteiger partial charge >= 0.3 is 5.97 Å². The highest BCUT2D eigenvalue weighted by atomic mass is 32.2. The Balaban J connectivity index is 1.95. The van der Waals surface area contributed by atoms with Gasteiger partial charge in [-0.3, -0.25) is 4.72 Å². The lowest BCUT2D eigenvalue weighted by molar-refractivity contribution is 0.0526. The average molecular weight is 417 g/mol. The van der Waals surface area contributed by atoms with Crippen LogP contribution in [0.3, 0.4) is 0 Å². The summed E-state index contributed by atoms with van der Waals surface area (Å²) < 4.78 is 48.1. The number of hydrogen-bond acceptors (Lipinski definition) is 5. The van der Waals surface area contributed by atoms with E-state index in [-0.39, 0.29) is 22.8 Å². The lowest BCUT2D eigenvalue weighted by Crippen LogP contribution is -2.15. The van der Waals surface area contributed by atoms with Crippen LogP contribution in [-0.4, -0.2) is 30.8 Å². The number of benzene rings is 2. The molecule has 0 aliphatic rings. The molecule has 0 bridgehead atoms. The number of sulfonamides is 1. The molecule has 0 unspecified atom stereocenters. The lowest BCUT2D eigenvalue weighted by atomic mass is 10.2. The molecule has 9 heteroatoms. The third-order valence-corrected chi connectivity index (χ3v) is 5.82. The molecule has 7 nitrogen and oxygen atoms in total. The first kappa shape index (κ1) is 20.5. The molecule has 3 rings (SSSR count). The van der Waals surface area contributed by atoms with Crippen LogP contribution in [0.15, 0.2) is 53.4 Å². The van der Waals surface area contributed by atoms with E-state index in [1.54, 1.807) is 32.9 Å². The maximum Gasteiger partial charge on any atom is 0.338 e. The zero-order valence-corrected chi connectivity index (χ0v) is 17.0. The summed E-state index contributed by atoms with van der Waals surface area (Å²) in [5, 5.41) is 4.29. The van der Waals surface area contributed by atoms with Gasteiger partial charge in [-0.1, -0.05) is 6.07 Å². The van der Waals surface area contributed by atoms with E-state index in [0.717, 1.165) is 0 Å². The fraction of sp³-hybridized carbons (Fsp3) is 0.200. The minimum Gasteiger partial charge on any atom is -0.462 e. The van der Waals surface area contributed by atoms with Crippen molar-refractivity contribution in [1.29, 1.82) is 0 Å². The van der Waals surface area contributed by atoms with Gasteiger partial charge in [0, 0.05) is 5.69 Å². The van der Waals surface area contributed by atoms with E-state index in [4.69, 9.17) is 4.74 Å². The molecular formula is C20H20FN3O4S. The van der Waals surface area contributed by atoms with Crippen molar-refractivity contribution in [2.75, 3.05) is 11.3 Å². The summed E-state index contributed by atoms with van der Waals surface area (Å²) in [7, 11) is -3.98. The fourth-order valence-corrected chi connectivity index (χ4v) is 4.43. The van der Waals surface area contributed by atoms with Crippen molar-refractivity contribution >= 4 is 21.7 Å². The number of anilines is 1. The van der Waals surface area contributed by atoms with Crippen LogP contribution in [0.1, 0.15) is 28.7 Å². The number of aromatic nitrogens is 2. The van der Waals surface area contributed by atoms with Crippen molar-refractivity contribution in [3.05, 3.63) is 71.3 Å². The summed E-state index contributed by atoms with van der Waals surface area (Å²) in [5.41, 5.74) is 1.67. The maximum absolute atomic E-state index is 13.2. The molecule has 0 amide bonds. The van der Waals surface area contributed by atoms with Crippen molar-refractivity contribution in [3.8, 4) is 5.69 Å². The van der Waals surface area contributed by atoms with Crippen molar-refractivity contribution in [3.63, 3.8) is 0 Å². The van der Waals surface area contributed by atoms with Gasteiger partial charge in [-0.25, -0.2) is 22.3 Å². The Kier molecular flexibility index (Phi) is 5.69. The first-order valence-electron chi connectivity index (χ1n) is 8.85. The minimum atomic E-state index is -3.98. The van der Waals surface area contributed by atoms with Crippen molar-refractivity contribution in [1.82, 2.24) is 9.78 Å². The van der Waals surface area contributed by atoms with Crippen LogP contribution in [0.4, 0.5) is 10.1 Å². The largest absolute Gasteiger partial charge is 0.462 e. The fourth-order valence-electron chi connectivity index (χ4n) is 2.98. The van der Waals surface area contributed by atoms with Gasteiger partial charge in [0.25, 0.3) is 10.0 Å². The van der Waals surface area contributed by atoms with E-state index in [1.165, 1.54) is 41.1 Å². The molecule has 0 spiro atoms. The predicted molar refractivity (Wildman–Crippen MR) is 106 cm³/mol. The van der Waals surface area contributed by atoms with Gasteiger partial charge in [0.15, 0.2) is 0 Å². The maximum atomic E-state index is 13.2. The van der Waals surface area contributed by atoms with E-state index >= 15 is 0 Å². The Labute approximate surface area is 168 Å². The Bertz CT molecular complexity index is 1150. The topological polar surface area (TPSA) is 90.3 Å². The highest BCUT2D eigenvalue weighted by Gasteiger charge is 2.25. The third kappa shape index (κ3) is 4.29. The molecule has 0 fully saturated rings. The van der Waals surface area contributed by atoms with Crippen LogP contribution in [0.2, 0.25) is 0 Å². The van der Waals surface area contributed by atoms with Crippen LogP contribution in [0, 0.1) is 19.7 Å². The number of carbonyl (C=O) groups excluding carboxylic acids is 1. The molecule has 3 aromatic rings. The van der Waals surface area contributed by atoms with Crippen LogP contribution in [0.25, 0.3) is 5.69 Å². The minimum absolute atomic E-state index is 0.0170. The quantitative estimate of drug-likeness (QED) is 0.619. The van der Waals surface area contributed by atoms with Crippen molar-refractivity contribution < 1.29 is 22.3 Å². The van der Waals surface area contributed by atoms with Crippen molar-refractivity contribution in [2.45, 2.75) is 25.7 Å². The lowest BCUT2D eigenvalue weighted by Gasteiger charge is -2.10.